The van der Waals surface area contributed by atoms with Crippen LogP contribution >= 0.6 is 0 Å². The third kappa shape index (κ3) is 6.05. The first kappa shape index (κ1) is 42.5. The van der Waals surface area contributed by atoms with Crippen molar-refractivity contribution in [2.24, 2.45) is 0 Å². The van der Waals surface area contributed by atoms with E-state index in [1.54, 1.807) is 0 Å². The van der Waals surface area contributed by atoms with Crippen LogP contribution in [0.4, 0.5) is 17.1 Å². The van der Waals surface area contributed by atoms with E-state index in [0.29, 0.717) is 0 Å². The van der Waals surface area contributed by atoms with Gasteiger partial charge in [0.2, 0.25) is 0 Å². The Morgan fingerprint density at radius 3 is 1.55 bits per heavy atom. The molecular weight excluding hydrogens is 919 g/mol. The topological polar surface area (TPSA) is 13.1 Å². The number of anilines is 3. The second-order valence-electron chi connectivity index (χ2n) is 20.4. The molecule has 2 aromatic heterocycles. The highest BCUT2D eigenvalue weighted by Crippen LogP contribution is 2.61. The van der Waals surface area contributed by atoms with Crippen LogP contribution < -0.4 is 4.90 Å². The molecule has 0 amide bonds. The van der Waals surface area contributed by atoms with Gasteiger partial charge in [-0.25, -0.2) is 0 Å². The molecule has 3 heterocycles. The van der Waals surface area contributed by atoms with E-state index >= 15 is 0 Å². The molecule has 0 bridgehead atoms. The lowest BCUT2D eigenvalue weighted by atomic mass is 9.65. The van der Waals surface area contributed by atoms with Crippen LogP contribution in [-0.2, 0) is 5.41 Å². The van der Waals surface area contributed by atoms with Crippen molar-refractivity contribution in [2.45, 2.75) is 5.41 Å². The summed E-state index contributed by atoms with van der Waals surface area (Å²) in [6.45, 7) is 0. The molecule has 0 radical (unpaired) electrons. The Morgan fingerprint density at radius 1 is 0.276 bits per heavy atom. The molecule has 14 aromatic rings. The monoisotopic (exact) mass is 965 g/mol. The lowest BCUT2D eigenvalue weighted by Crippen LogP contribution is -2.33. The van der Waals surface area contributed by atoms with E-state index in [-0.39, 0.29) is 0 Å². The van der Waals surface area contributed by atoms with Crippen molar-refractivity contribution in [1.82, 2.24) is 9.13 Å². The Balaban J connectivity index is 0.885. The van der Waals surface area contributed by atoms with E-state index in [2.05, 4.69) is 299 Å². The molecule has 76 heavy (non-hydrogen) atoms. The van der Waals surface area contributed by atoms with Crippen LogP contribution in [0.25, 0.3) is 99.5 Å². The maximum Gasteiger partial charge on any atom is 0.0754 e. The van der Waals surface area contributed by atoms with Crippen molar-refractivity contribution in [2.75, 3.05) is 4.90 Å². The molecule has 1 aliphatic heterocycles. The van der Waals surface area contributed by atoms with E-state index in [1.165, 1.54) is 105 Å². The maximum atomic E-state index is 2.55. The average molecular weight is 966 g/mol. The summed E-state index contributed by atoms with van der Waals surface area (Å²) in [6, 6.07) is 106. The smallest absolute Gasteiger partial charge is 0.0754 e. The fourth-order valence-corrected chi connectivity index (χ4v) is 13.3. The number of para-hydroxylation sites is 5. The molecule has 354 valence electrons. The van der Waals surface area contributed by atoms with Gasteiger partial charge in [0, 0.05) is 44.2 Å². The Kier molecular flexibility index (Phi) is 9.25. The number of benzene rings is 12. The van der Waals surface area contributed by atoms with Gasteiger partial charge in [0.15, 0.2) is 0 Å². The third-order valence-electron chi connectivity index (χ3n) is 16.5. The van der Waals surface area contributed by atoms with Gasteiger partial charge in [0.25, 0.3) is 0 Å². The molecule has 1 aliphatic carbocycles. The van der Waals surface area contributed by atoms with E-state index in [4.69, 9.17) is 0 Å². The van der Waals surface area contributed by atoms with Crippen LogP contribution in [0.1, 0.15) is 22.3 Å². The molecule has 0 unspecified atom stereocenters. The molecule has 1 spiro atoms. The molecule has 0 N–H and O–H groups in total. The summed E-state index contributed by atoms with van der Waals surface area (Å²) in [7, 11) is 0. The van der Waals surface area contributed by atoms with Gasteiger partial charge in [0.1, 0.15) is 0 Å². The largest absolute Gasteiger partial charge is 0.310 e. The van der Waals surface area contributed by atoms with Gasteiger partial charge < -0.3 is 14.0 Å². The standard InChI is InChI=1S/C73H47N3/c1-3-18-48(19-4-1)49-34-36-51(37-35-49)56-22-9-14-31-67(56)74(54-41-38-50(39-42-54)52-40-44-69-61(46-52)59-25-10-15-32-68(59)75(69)53-20-5-2-6-21-53)55-43-45-70-62(47-55)60-26-17-30-66-72(60)76(70)71-33-16-13-29-65(71)73(66)63-27-11-7-23-57(63)58-24-8-12-28-64(58)73/h1-47H. The Morgan fingerprint density at radius 2 is 0.776 bits per heavy atom. The normalized spacial score (nSPS) is 12.8. The second-order valence-corrected chi connectivity index (χ2v) is 20.4. The fraction of sp³-hybridized carbons (Fsp3) is 0.0137. The minimum atomic E-state index is -0.469. The van der Waals surface area contributed by atoms with Crippen molar-refractivity contribution in [3.8, 4) is 55.9 Å². The van der Waals surface area contributed by atoms with E-state index in [1.807, 2.05) is 0 Å². The number of nitrogens with zero attached hydrogens (tertiary/aromatic N) is 3. The van der Waals surface area contributed by atoms with Crippen molar-refractivity contribution >= 4 is 60.7 Å². The Labute approximate surface area is 441 Å². The predicted molar refractivity (Wildman–Crippen MR) is 317 cm³/mol. The van der Waals surface area contributed by atoms with Gasteiger partial charge in [0.05, 0.1) is 38.9 Å². The maximum absolute atomic E-state index is 2.55. The van der Waals surface area contributed by atoms with Gasteiger partial charge >= 0.3 is 0 Å². The van der Waals surface area contributed by atoms with Crippen LogP contribution in [0, 0.1) is 0 Å². The van der Waals surface area contributed by atoms with Gasteiger partial charge in [-0.15, -0.1) is 0 Å². The zero-order valence-electron chi connectivity index (χ0n) is 41.5. The van der Waals surface area contributed by atoms with Crippen LogP contribution in [0.3, 0.4) is 0 Å². The van der Waals surface area contributed by atoms with Gasteiger partial charge in [-0.2, -0.15) is 0 Å². The summed E-state index contributed by atoms with van der Waals surface area (Å²) in [6.07, 6.45) is 0. The minimum Gasteiger partial charge on any atom is -0.310 e. The molecule has 3 nitrogen and oxygen atoms in total. The Hall–Kier alpha value is -9.96. The Bertz CT molecular complexity index is 4570. The molecular formula is C73H47N3. The zero-order chi connectivity index (χ0) is 49.9. The van der Waals surface area contributed by atoms with Gasteiger partial charge in [-0.1, -0.05) is 212 Å². The molecule has 2 aliphatic rings. The molecule has 0 atom stereocenters. The highest BCUT2D eigenvalue weighted by atomic mass is 15.1. The SMILES string of the molecule is c1ccc(-c2ccc(-c3ccccc3N(c3ccc(-c4ccc5c(c4)c4ccccc4n5-c4ccccc4)cc3)c3ccc4c(c3)c3cccc5c3n4-c3ccccc3C53c4ccccc4-c4ccccc43)cc2)cc1. The molecule has 12 aromatic carbocycles. The van der Waals surface area contributed by atoms with Gasteiger partial charge in [-0.05, 0) is 134 Å². The predicted octanol–water partition coefficient (Wildman–Crippen LogP) is 19.0. The lowest BCUT2D eigenvalue weighted by Gasteiger charge is -2.39. The number of aromatic nitrogens is 2. The molecule has 3 heteroatoms. The highest BCUT2D eigenvalue weighted by Gasteiger charge is 2.50. The highest BCUT2D eigenvalue weighted by molar-refractivity contribution is 6.14. The summed E-state index contributed by atoms with van der Waals surface area (Å²) in [5.74, 6) is 0. The molecule has 0 saturated carbocycles. The van der Waals surface area contributed by atoms with Crippen LogP contribution in [0.5, 0.6) is 0 Å². The summed E-state index contributed by atoms with van der Waals surface area (Å²) in [5.41, 5.74) is 25.0. The first-order valence-corrected chi connectivity index (χ1v) is 26.3. The van der Waals surface area contributed by atoms with Crippen LogP contribution in [0.15, 0.2) is 285 Å². The number of hydrogen-bond acceptors (Lipinski definition) is 1. The van der Waals surface area contributed by atoms with Crippen molar-refractivity contribution in [1.29, 1.82) is 0 Å². The number of hydrogen-bond donors (Lipinski definition) is 0. The summed E-state index contributed by atoms with van der Waals surface area (Å²) < 4.78 is 4.93. The number of fused-ring (bicyclic) bond motifs is 15. The quantitative estimate of drug-likeness (QED) is 0.155. The molecule has 0 fully saturated rings. The summed E-state index contributed by atoms with van der Waals surface area (Å²) >= 11 is 0. The number of rotatable bonds is 7. The third-order valence-corrected chi connectivity index (χ3v) is 16.5. The second kappa shape index (κ2) is 16.5. The summed E-state index contributed by atoms with van der Waals surface area (Å²) in [5, 5.41) is 4.95. The van der Waals surface area contributed by atoms with Crippen LogP contribution in [0.2, 0.25) is 0 Å². The van der Waals surface area contributed by atoms with E-state index in [0.717, 1.165) is 33.9 Å². The van der Waals surface area contributed by atoms with E-state index < -0.39 is 5.41 Å². The van der Waals surface area contributed by atoms with Crippen molar-refractivity contribution in [3.63, 3.8) is 0 Å². The average Bonchev–Trinajstić information content (AvgIpc) is 4.29. The zero-order valence-corrected chi connectivity index (χ0v) is 41.5. The van der Waals surface area contributed by atoms with Crippen molar-refractivity contribution in [3.05, 3.63) is 307 Å². The first-order chi connectivity index (χ1) is 37.7. The fourth-order valence-electron chi connectivity index (χ4n) is 13.3. The summed E-state index contributed by atoms with van der Waals surface area (Å²) in [4.78, 5) is 2.46. The van der Waals surface area contributed by atoms with Crippen LogP contribution in [-0.4, -0.2) is 9.13 Å². The molecule has 16 rings (SSSR count). The lowest BCUT2D eigenvalue weighted by molar-refractivity contribution is 0.748. The van der Waals surface area contributed by atoms with E-state index in [9.17, 15) is 0 Å². The minimum absolute atomic E-state index is 0.469. The van der Waals surface area contributed by atoms with Gasteiger partial charge in [-0.3, -0.25) is 0 Å². The first-order valence-electron chi connectivity index (χ1n) is 26.3. The van der Waals surface area contributed by atoms with Crippen molar-refractivity contribution < 1.29 is 0 Å². The molecule has 0 saturated heterocycles.